The number of rotatable bonds is 11. The molecule has 4 aliphatic heterocycles. The highest BCUT2D eigenvalue weighted by Crippen LogP contribution is 2.34. The van der Waals surface area contributed by atoms with Crippen molar-refractivity contribution in [3.63, 3.8) is 0 Å². The summed E-state index contributed by atoms with van der Waals surface area (Å²) in [5, 5.41) is 21.4. The van der Waals surface area contributed by atoms with Crippen molar-refractivity contribution in [2.24, 2.45) is 10.9 Å². The van der Waals surface area contributed by atoms with E-state index in [2.05, 4.69) is 30.7 Å². The van der Waals surface area contributed by atoms with Gasteiger partial charge >= 0.3 is 0 Å². The monoisotopic (exact) mass is 672 g/mol. The van der Waals surface area contributed by atoms with Gasteiger partial charge in [-0.2, -0.15) is 0 Å². The van der Waals surface area contributed by atoms with Gasteiger partial charge in [-0.3, -0.25) is 19.8 Å². The summed E-state index contributed by atoms with van der Waals surface area (Å²) in [5.74, 6) is 1.77. The normalized spacial score (nSPS) is 22.6. The quantitative estimate of drug-likeness (QED) is 0.265. The van der Waals surface area contributed by atoms with Gasteiger partial charge in [0.05, 0.1) is 42.7 Å². The summed E-state index contributed by atoms with van der Waals surface area (Å²) in [4.78, 5) is 40.7. The van der Waals surface area contributed by atoms with Crippen LogP contribution in [0.2, 0.25) is 5.02 Å². The zero-order valence-corrected chi connectivity index (χ0v) is 27.7. The maximum atomic E-state index is 13.4. The predicted molar refractivity (Wildman–Crippen MR) is 174 cm³/mol. The molecule has 2 amide bonds. The first-order valence-corrected chi connectivity index (χ1v) is 16.8. The molecule has 6 rings (SSSR count). The number of β-amino-alcohol motifs (C(OH)–C–C–N with tert-alkyl or cyclic N) is 1. The van der Waals surface area contributed by atoms with Gasteiger partial charge in [0.15, 0.2) is 18.1 Å². The van der Waals surface area contributed by atoms with Gasteiger partial charge in [0, 0.05) is 64.7 Å². The Morgan fingerprint density at radius 3 is 2.70 bits per heavy atom. The Labute approximate surface area is 279 Å². The number of carbonyl (C=O) groups is 2. The molecule has 0 spiro atoms. The summed E-state index contributed by atoms with van der Waals surface area (Å²) in [6.45, 7) is 9.74. The molecule has 256 valence electrons. The van der Waals surface area contributed by atoms with Crippen LogP contribution in [-0.4, -0.2) is 126 Å². The molecule has 1 aromatic carbocycles. The number of carbonyl (C=O) groups excluding carboxylic acids is 2. The average molecular weight is 673 g/mol. The number of nitrogens with zero attached hydrogens (tertiary/aromatic N) is 5. The lowest BCUT2D eigenvalue weighted by Gasteiger charge is -2.41. The lowest BCUT2D eigenvalue weighted by atomic mass is 9.99. The minimum absolute atomic E-state index is 0.0391. The second-order valence-electron chi connectivity index (χ2n) is 12.9. The number of amides is 2. The number of oxazole rings is 1. The van der Waals surface area contributed by atoms with Gasteiger partial charge in [-0.1, -0.05) is 31.5 Å². The van der Waals surface area contributed by atoms with E-state index in [0.29, 0.717) is 81.4 Å². The molecule has 0 saturated carbocycles. The lowest BCUT2D eigenvalue weighted by Crippen LogP contribution is -2.64. The van der Waals surface area contributed by atoms with E-state index in [1.54, 1.807) is 6.20 Å². The summed E-state index contributed by atoms with van der Waals surface area (Å²) in [7, 11) is 0. The van der Waals surface area contributed by atoms with Crippen molar-refractivity contribution < 1.29 is 28.6 Å². The van der Waals surface area contributed by atoms with Crippen LogP contribution in [0.1, 0.15) is 37.2 Å². The first kappa shape index (κ1) is 33.5. The summed E-state index contributed by atoms with van der Waals surface area (Å²) < 4.78 is 16.4. The smallest absolute Gasteiger partial charge is 0.245 e. The van der Waals surface area contributed by atoms with Crippen molar-refractivity contribution >= 4 is 29.4 Å². The van der Waals surface area contributed by atoms with Crippen LogP contribution in [0.3, 0.4) is 0 Å². The van der Waals surface area contributed by atoms with E-state index >= 15 is 0 Å². The van der Waals surface area contributed by atoms with Crippen LogP contribution in [0.25, 0.3) is 0 Å². The molecule has 47 heavy (non-hydrogen) atoms. The Morgan fingerprint density at radius 1 is 1.19 bits per heavy atom. The number of aliphatic hydroxyl groups is 1. The van der Waals surface area contributed by atoms with E-state index < -0.39 is 12.1 Å². The number of fused-ring (bicyclic) bond motifs is 1. The van der Waals surface area contributed by atoms with Gasteiger partial charge < -0.3 is 39.4 Å². The third-order valence-electron chi connectivity index (χ3n) is 9.01. The number of hydrogen-bond donors (Lipinski definition) is 4. The van der Waals surface area contributed by atoms with Crippen molar-refractivity contribution in [1.29, 1.82) is 0 Å². The Hall–Kier alpha value is -3.43. The summed E-state index contributed by atoms with van der Waals surface area (Å²) >= 11 is 6.69. The number of ether oxygens (including phenoxy) is 2. The molecule has 1 aromatic heterocycles. The molecule has 0 aliphatic carbocycles. The van der Waals surface area contributed by atoms with Gasteiger partial charge in [-0.15, -0.1) is 0 Å². The fraction of sp³-hybridized carbons (Fsp3) is 0.625. The second kappa shape index (κ2) is 15.2. The Morgan fingerprint density at radius 2 is 2.00 bits per heavy atom. The van der Waals surface area contributed by atoms with Crippen molar-refractivity contribution in [3.8, 4) is 5.75 Å². The molecule has 2 saturated heterocycles. The number of halogens is 1. The van der Waals surface area contributed by atoms with Crippen LogP contribution in [0.15, 0.2) is 34.1 Å². The van der Waals surface area contributed by atoms with Crippen LogP contribution in [0.4, 0.5) is 0 Å². The molecule has 2 unspecified atom stereocenters. The molecule has 14 nitrogen and oxygen atoms in total. The van der Waals surface area contributed by atoms with E-state index in [0.717, 1.165) is 24.1 Å². The molecular formula is C32H45ClN8O6. The first-order valence-electron chi connectivity index (χ1n) is 16.4. The third kappa shape index (κ3) is 8.36. The van der Waals surface area contributed by atoms with Crippen LogP contribution >= 0.6 is 11.6 Å². The molecule has 4 aliphatic rings. The minimum Gasteiger partial charge on any atom is -0.484 e. The highest BCUT2D eigenvalue weighted by Gasteiger charge is 2.34. The van der Waals surface area contributed by atoms with E-state index in [4.69, 9.17) is 30.5 Å². The van der Waals surface area contributed by atoms with Crippen LogP contribution in [-0.2, 0) is 33.9 Å². The van der Waals surface area contributed by atoms with E-state index in [1.165, 1.54) is 6.39 Å². The van der Waals surface area contributed by atoms with Crippen molar-refractivity contribution in [3.05, 3.63) is 46.6 Å². The highest BCUT2D eigenvalue weighted by atomic mass is 35.5. The molecular weight excluding hydrogens is 628 g/mol. The van der Waals surface area contributed by atoms with Gasteiger partial charge in [0.25, 0.3) is 0 Å². The number of aliphatic imine (C=N–C) groups is 1. The maximum absolute atomic E-state index is 13.4. The van der Waals surface area contributed by atoms with Crippen molar-refractivity contribution in [2.75, 3.05) is 59.0 Å². The zero-order chi connectivity index (χ0) is 32.9. The molecule has 0 radical (unpaired) electrons. The Bertz CT molecular complexity index is 1410. The standard InChI is InChI=1S/C32H45ClN8O6/c1-20(2)31(44)40-7-9-41(10-8-40)32-37-26(11-28(38-32)36-22-16-45-17-22)30(43)35-12-23(42)15-39-6-5-25-21(14-39)3-4-27(29(25)33)46-18-24-13-34-19-47-24/h3-4,13,19-20,22-23,26,28,36,42H,5-12,14-18H2,1-2H3,(H,35,43)(H,37,38)/t23-,26?,28?/m0/s1. The van der Waals surface area contributed by atoms with Crippen molar-refractivity contribution in [2.45, 2.75) is 64.2 Å². The van der Waals surface area contributed by atoms with E-state index in [9.17, 15) is 14.7 Å². The number of aromatic nitrogens is 1. The molecule has 5 heterocycles. The van der Waals surface area contributed by atoms with Crippen LogP contribution < -0.4 is 20.7 Å². The van der Waals surface area contributed by atoms with E-state index in [1.807, 2.05) is 30.9 Å². The van der Waals surface area contributed by atoms with E-state index in [-0.39, 0.29) is 43.1 Å². The predicted octanol–water partition coefficient (Wildman–Crippen LogP) is 0.575. The summed E-state index contributed by atoms with van der Waals surface area (Å²) in [5.41, 5.74) is 2.13. The topological polar surface area (TPSA) is 157 Å². The summed E-state index contributed by atoms with van der Waals surface area (Å²) in [6.07, 6.45) is 3.26. The van der Waals surface area contributed by atoms with Gasteiger partial charge in [0.1, 0.15) is 18.4 Å². The third-order valence-corrected chi connectivity index (χ3v) is 9.43. The van der Waals surface area contributed by atoms with Crippen LogP contribution in [0.5, 0.6) is 5.75 Å². The number of benzene rings is 1. The number of guanidine groups is 1. The second-order valence-corrected chi connectivity index (χ2v) is 13.3. The number of nitrogens with one attached hydrogen (secondary N) is 3. The minimum atomic E-state index is -0.752. The number of piperazine rings is 1. The summed E-state index contributed by atoms with van der Waals surface area (Å²) in [6, 6.07) is 3.47. The molecule has 2 fully saturated rings. The average Bonchev–Trinajstić information content (AvgIpc) is 3.58. The highest BCUT2D eigenvalue weighted by molar-refractivity contribution is 6.33. The van der Waals surface area contributed by atoms with Crippen LogP contribution in [0, 0.1) is 5.92 Å². The Kier molecular flexibility index (Phi) is 10.8. The molecule has 3 atom stereocenters. The number of hydrogen-bond acceptors (Lipinski definition) is 12. The van der Waals surface area contributed by atoms with Gasteiger partial charge in [-0.25, -0.2) is 9.98 Å². The maximum Gasteiger partial charge on any atom is 0.245 e. The number of aliphatic hydroxyl groups excluding tert-OH is 1. The molecule has 4 N–H and O–H groups in total. The van der Waals surface area contributed by atoms with Gasteiger partial charge in [0.2, 0.25) is 11.8 Å². The first-order chi connectivity index (χ1) is 22.7. The zero-order valence-electron chi connectivity index (χ0n) is 27.0. The molecule has 15 heteroatoms. The lowest BCUT2D eigenvalue weighted by molar-refractivity contribution is -0.135. The Balaban J connectivity index is 1.00. The van der Waals surface area contributed by atoms with Gasteiger partial charge in [-0.05, 0) is 23.6 Å². The SMILES string of the molecule is CC(C)C(=O)N1CCN(C2=NC(C(=O)NC[C@H](O)CN3CCc4c(ccc(OCc5cnco5)c4Cl)C3)CC(NC3COC3)N2)CC1. The largest absolute Gasteiger partial charge is 0.484 e. The molecule has 2 aromatic rings. The van der Waals surface area contributed by atoms with Crippen molar-refractivity contribution in [1.82, 2.24) is 35.6 Å². The fourth-order valence-corrected chi connectivity index (χ4v) is 6.65. The molecule has 0 bridgehead atoms. The fourth-order valence-electron chi connectivity index (χ4n) is 6.32.